The zero-order valence-electron chi connectivity index (χ0n) is 11.4. The zero-order valence-corrected chi connectivity index (χ0v) is 13.0. The molecule has 0 atom stereocenters. The second kappa shape index (κ2) is 6.52. The van der Waals surface area contributed by atoms with E-state index in [0.29, 0.717) is 11.4 Å². The van der Waals surface area contributed by atoms with Gasteiger partial charge in [-0.3, -0.25) is 9.59 Å². The molecule has 0 spiro atoms. The minimum atomic E-state index is 0.657. The van der Waals surface area contributed by atoms with Gasteiger partial charge in [-0.15, -0.1) is 0 Å². The number of aldehydes is 2. The summed E-state index contributed by atoms with van der Waals surface area (Å²) in [5, 5.41) is 0. The van der Waals surface area contributed by atoms with Crippen LogP contribution in [0.15, 0.2) is 10.5 Å². The lowest BCUT2D eigenvalue weighted by Gasteiger charge is -1.85. The van der Waals surface area contributed by atoms with Crippen LogP contribution in [0.1, 0.15) is 43.5 Å². The Morgan fingerprint density at radius 3 is 1.79 bits per heavy atom. The number of H-pyrrole nitrogens is 2. The van der Waals surface area contributed by atoms with Gasteiger partial charge in [-0.1, -0.05) is 0 Å². The van der Waals surface area contributed by atoms with E-state index in [1.807, 2.05) is 33.8 Å². The van der Waals surface area contributed by atoms with Gasteiger partial charge in [-0.05, 0) is 60.8 Å². The van der Waals surface area contributed by atoms with E-state index >= 15 is 0 Å². The Morgan fingerprint density at radius 2 is 1.58 bits per heavy atom. The van der Waals surface area contributed by atoms with Crippen LogP contribution in [-0.2, 0) is 0 Å². The fourth-order valence-electron chi connectivity index (χ4n) is 1.74. The van der Waals surface area contributed by atoms with Crippen molar-refractivity contribution in [2.75, 3.05) is 0 Å². The molecule has 0 amide bonds. The van der Waals surface area contributed by atoms with E-state index in [9.17, 15) is 9.59 Å². The summed E-state index contributed by atoms with van der Waals surface area (Å²) in [6, 6.07) is 1.95. The molecule has 0 aliphatic carbocycles. The van der Waals surface area contributed by atoms with Gasteiger partial charge in [-0.25, -0.2) is 0 Å². The van der Waals surface area contributed by atoms with Gasteiger partial charge in [0.05, 0.1) is 11.4 Å². The van der Waals surface area contributed by atoms with Gasteiger partial charge < -0.3 is 9.97 Å². The largest absolute Gasteiger partial charge is 0.356 e. The van der Waals surface area contributed by atoms with Crippen molar-refractivity contribution in [2.45, 2.75) is 27.7 Å². The van der Waals surface area contributed by atoms with Gasteiger partial charge in [0.15, 0.2) is 12.6 Å². The van der Waals surface area contributed by atoms with Crippen molar-refractivity contribution in [3.05, 3.63) is 44.4 Å². The Morgan fingerprint density at radius 1 is 1.00 bits per heavy atom. The van der Waals surface area contributed by atoms with E-state index in [1.54, 1.807) is 0 Å². The number of carbonyl (C=O) groups is 2. The summed E-state index contributed by atoms with van der Waals surface area (Å²) in [6.07, 6.45) is 1.66. The zero-order chi connectivity index (χ0) is 14.6. The Hall–Kier alpha value is -1.62. The van der Waals surface area contributed by atoms with Crippen LogP contribution in [0, 0.1) is 27.7 Å². The first kappa shape index (κ1) is 15.4. The van der Waals surface area contributed by atoms with Crippen LogP contribution in [0.3, 0.4) is 0 Å². The SMILES string of the molecule is Cc1[nH]c(C=O)c(C)c1Br.Cc1cc(C)c(C=O)[nH]1. The average molecular weight is 325 g/mol. The van der Waals surface area contributed by atoms with Crippen LogP contribution in [0.2, 0.25) is 0 Å². The number of halogens is 1. The molecule has 102 valence electrons. The molecule has 0 aromatic carbocycles. The minimum Gasteiger partial charge on any atom is -0.356 e. The Bertz CT molecular complexity index is 597. The number of nitrogens with one attached hydrogen (secondary N) is 2. The summed E-state index contributed by atoms with van der Waals surface area (Å²) in [6.45, 7) is 7.66. The summed E-state index contributed by atoms with van der Waals surface area (Å²) in [7, 11) is 0. The highest BCUT2D eigenvalue weighted by atomic mass is 79.9. The first-order chi connectivity index (χ1) is 8.90. The Kier molecular flexibility index (Phi) is 5.30. The van der Waals surface area contributed by atoms with Crippen molar-refractivity contribution < 1.29 is 9.59 Å². The van der Waals surface area contributed by atoms with Crippen molar-refractivity contribution in [3.63, 3.8) is 0 Å². The highest BCUT2D eigenvalue weighted by molar-refractivity contribution is 9.10. The monoisotopic (exact) mass is 324 g/mol. The minimum absolute atomic E-state index is 0.657. The molecule has 2 rings (SSSR count). The van der Waals surface area contributed by atoms with Gasteiger partial charge in [0.2, 0.25) is 0 Å². The Labute approximate surface area is 120 Å². The highest BCUT2D eigenvalue weighted by Crippen LogP contribution is 2.22. The van der Waals surface area contributed by atoms with Gasteiger partial charge in [0.25, 0.3) is 0 Å². The predicted molar refractivity (Wildman–Crippen MR) is 79.0 cm³/mol. The van der Waals surface area contributed by atoms with Crippen molar-refractivity contribution in [1.29, 1.82) is 0 Å². The van der Waals surface area contributed by atoms with E-state index < -0.39 is 0 Å². The number of hydrogen-bond donors (Lipinski definition) is 2. The smallest absolute Gasteiger partial charge is 0.166 e. The maximum absolute atomic E-state index is 10.3. The molecule has 0 bridgehead atoms. The third kappa shape index (κ3) is 3.67. The molecule has 2 aromatic rings. The molecule has 2 aromatic heterocycles. The van der Waals surface area contributed by atoms with Crippen molar-refractivity contribution in [2.24, 2.45) is 0 Å². The highest BCUT2D eigenvalue weighted by Gasteiger charge is 2.06. The van der Waals surface area contributed by atoms with E-state index in [0.717, 1.165) is 39.6 Å². The lowest BCUT2D eigenvalue weighted by Crippen LogP contribution is -1.80. The molecule has 0 aliphatic rings. The van der Waals surface area contributed by atoms with Gasteiger partial charge in [0.1, 0.15) is 0 Å². The molecule has 2 N–H and O–H groups in total. The number of carbonyl (C=O) groups excluding carboxylic acids is 2. The Balaban J connectivity index is 0.000000191. The van der Waals surface area contributed by atoms with Crippen LogP contribution in [0.4, 0.5) is 0 Å². The van der Waals surface area contributed by atoms with Crippen LogP contribution in [0.25, 0.3) is 0 Å². The third-order valence-electron chi connectivity index (χ3n) is 2.81. The molecule has 19 heavy (non-hydrogen) atoms. The summed E-state index contributed by atoms with van der Waals surface area (Å²) in [5.41, 5.74) is 5.38. The quantitative estimate of drug-likeness (QED) is 0.828. The first-order valence-corrected chi connectivity index (χ1v) is 6.61. The molecular formula is C14H17BrN2O2. The summed E-state index contributed by atoms with van der Waals surface area (Å²) in [4.78, 5) is 26.4. The number of rotatable bonds is 2. The second-order valence-corrected chi connectivity index (χ2v) is 5.18. The summed E-state index contributed by atoms with van der Waals surface area (Å²) in [5.74, 6) is 0. The van der Waals surface area contributed by atoms with Gasteiger partial charge in [-0.2, -0.15) is 0 Å². The topological polar surface area (TPSA) is 65.7 Å². The average Bonchev–Trinajstić information content (AvgIpc) is 2.83. The molecule has 0 radical (unpaired) electrons. The molecule has 0 unspecified atom stereocenters. The fraction of sp³-hybridized carbons (Fsp3) is 0.286. The molecule has 0 saturated carbocycles. The molecule has 2 heterocycles. The number of aromatic nitrogens is 2. The molecule has 0 saturated heterocycles. The predicted octanol–water partition coefficient (Wildman–Crippen LogP) is 3.65. The summed E-state index contributed by atoms with van der Waals surface area (Å²) >= 11 is 3.35. The molecule has 0 aliphatic heterocycles. The van der Waals surface area contributed by atoms with Crippen LogP contribution >= 0.6 is 15.9 Å². The van der Waals surface area contributed by atoms with Crippen molar-refractivity contribution in [3.8, 4) is 0 Å². The standard InChI is InChI=1S/C7H8BrNO.C7H9NO/c1-4-6(3-10)9-5(2)7(4)8;1-5-3-6(2)8-7(5)4-9/h3,9H,1-2H3;3-4,8H,1-2H3. The lowest BCUT2D eigenvalue weighted by molar-refractivity contribution is 0.111. The van der Waals surface area contributed by atoms with E-state index in [1.165, 1.54) is 0 Å². The lowest BCUT2D eigenvalue weighted by atomic mass is 10.3. The second-order valence-electron chi connectivity index (χ2n) is 4.39. The first-order valence-electron chi connectivity index (χ1n) is 5.82. The number of aromatic amines is 2. The maximum Gasteiger partial charge on any atom is 0.166 e. The van der Waals surface area contributed by atoms with Crippen molar-refractivity contribution in [1.82, 2.24) is 9.97 Å². The molecule has 0 fully saturated rings. The maximum atomic E-state index is 10.3. The van der Waals surface area contributed by atoms with E-state index in [4.69, 9.17) is 0 Å². The molecule has 5 heteroatoms. The van der Waals surface area contributed by atoms with Gasteiger partial charge >= 0.3 is 0 Å². The van der Waals surface area contributed by atoms with Crippen LogP contribution in [-0.4, -0.2) is 22.5 Å². The molecule has 4 nitrogen and oxygen atoms in total. The number of hydrogen-bond acceptors (Lipinski definition) is 2. The fourth-order valence-corrected chi connectivity index (χ4v) is 2.05. The van der Waals surface area contributed by atoms with Crippen LogP contribution < -0.4 is 0 Å². The van der Waals surface area contributed by atoms with Crippen LogP contribution in [0.5, 0.6) is 0 Å². The molecular weight excluding hydrogens is 308 g/mol. The summed E-state index contributed by atoms with van der Waals surface area (Å²) < 4.78 is 0.995. The van der Waals surface area contributed by atoms with E-state index in [2.05, 4.69) is 25.9 Å². The van der Waals surface area contributed by atoms with E-state index in [-0.39, 0.29) is 0 Å². The third-order valence-corrected chi connectivity index (χ3v) is 4.00. The number of aryl methyl sites for hydroxylation is 3. The van der Waals surface area contributed by atoms with Gasteiger partial charge in [0, 0.05) is 15.9 Å². The normalized spacial score (nSPS) is 9.74. The van der Waals surface area contributed by atoms with Crippen molar-refractivity contribution >= 4 is 28.5 Å².